The molecule has 2 aromatic rings. The molecule has 0 heterocycles. The number of hydrogen-bond acceptors (Lipinski definition) is 3. The van der Waals surface area contributed by atoms with Gasteiger partial charge in [0, 0.05) is 37.0 Å². The van der Waals surface area contributed by atoms with Gasteiger partial charge in [-0.2, -0.15) is 13.2 Å². The zero-order valence-corrected chi connectivity index (χ0v) is 21.1. The Balaban J connectivity index is 1.69. The quantitative estimate of drug-likeness (QED) is 0.430. The van der Waals surface area contributed by atoms with Gasteiger partial charge in [-0.3, -0.25) is 9.59 Å². The highest BCUT2D eigenvalue weighted by molar-refractivity contribution is 6.30. The van der Waals surface area contributed by atoms with Gasteiger partial charge in [0.05, 0.1) is 11.0 Å². The molecule has 2 aromatic carbocycles. The van der Waals surface area contributed by atoms with E-state index < -0.39 is 35.1 Å². The second-order valence-electron chi connectivity index (χ2n) is 9.48. The van der Waals surface area contributed by atoms with Gasteiger partial charge in [-0.15, -0.1) is 0 Å². The Morgan fingerprint density at radius 2 is 1.75 bits per heavy atom. The van der Waals surface area contributed by atoms with E-state index in [0.29, 0.717) is 22.6 Å². The highest BCUT2D eigenvalue weighted by Gasteiger charge is 2.67. The van der Waals surface area contributed by atoms with E-state index in [1.54, 1.807) is 32.3 Å². The van der Waals surface area contributed by atoms with Crippen LogP contribution in [0.15, 0.2) is 42.5 Å². The van der Waals surface area contributed by atoms with Crippen molar-refractivity contribution in [2.75, 3.05) is 27.7 Å². The lowest BCUT2D eigenvalue weighted by Gasteiger charge is -2.30. The topological polar surface area (TPSA) is 61.4 Å². The first-order valence-electron chi connectivity index (χ1n) is 11.6. The molecule has 0 aliphatic heterocycles. The number of halogens is 5. The molecular weight excluding hydrogens is 498 g/mol. The van der Waals surface area contributed by atoms with Crippen molar-refractivity contribution in [3.63, 3.8) is 0 Å². The molecule has 196 valence electrons. The van der Waals surface area contributed by atoms with Gasteiger partial charge in [-0.25, -0.2) is 4.39 Å². The maximum absolute atomic E-state index is 14.4. The number of amides is 2. The van der Waals surface area contributed by atoms with Gasteiger partial charge in [0.1, 0.15) is 5.82 Å². The predicted octanol–water partition coefficient (Wildman–Crippen LogP) is 4.94. The van der Waals surface area contributed by atoms with E-state index in [1.165, 1.54) is 31.3 Å². The molecule has 10 heteroatoms. The van der Waals surface area contributed by atoms with Crippen molar-refractivity contribution in [3.8, 4) is 0 Å². The predicted molar refractivity (Wildman–Crippen MR) is 131 cm³/mol. The van der Waals surface area contributed by atoms with Crippen molar-refractivity contribution in [1.29, 1.82) is 0 Å². The third-order valence-corrected chi connectivity index (χ3v) is 7.18. The van der Waals surface area contributed by atoms with Gasteiger partial charge in [0.25, 0.3) is 5.91 Å². The van der Waals surface area contributed by atoms with Gasteiger partial charge in [0.2, 0.25) is 5.91 Å². The smallest absolute Gasteiger partial charge is 0.355 e. The highest BCUT2D eigenvalue weighted by Crippen LogP contribution is 2.66. The number of rotatable bonds is 10. The lowest BCUT2D eigenvalue weighted by molar-refractivity contribution is -0.194. The Kier molecular flexibility index (Phi) is 8.67. The molecule has 0 saturated heterocycles. The monoisotopic (exact) mass is 527 g/mol. The average Bonchev–Trinajstić information content (AvgIpc) is 3.62. The molecule has 0 unspecified atom stereocenters. The number of carbonyl (C=O) groups is 2. The third kappa shape index (κ3) is 6.37. The Labute approximate surface area is 213 Å². The van der Waals surface area contributed by atoms with E-state index in [2.05, 4.69) is 10.6 Å². The molecule has 1 aliphatic carbocycles. The van der Waals surface area contributed by atoms with E-state index in [0.717, 1.165) is 0 Å². The first-order valence-corrected chi connectivity index (χ1v) is 12.0. The fourth-order valence-electron chi connectivity index (χ4n) is 4.49. The first kappa shape index (κ1) is 27.9. The third-order valence-electron chi connectivity index (χ3n) is 6.92. The summed E-state index contributed by atoms with van der Waals surface area (Å²) in [6.07, 6.45) is -4.40. The van der Waals surface area contributed by atoms with Gasteiger partial charge < -0.3 is 15.5 Å². The summed E-state index contributed by atoms with van der Waals surface area (Å²) in [4.78, 5) is 26.4. The molecule has 36 heavy (non-hydrogen) atoms. The second kappa shape index (κ2) is 11.2. The van der Waals surface area contributed by atoms with Crippen LogP contribution in [0.5, 0.6) is 0 Å². The summed E-state index contributed by atoms with van der Waals surface area (Å²) in [7, 11) is 5.01. The van der Waals surface area contributed by atoms with Crippen LogP contribution in [0, 0.1) is 11.2 Å². The van der Waals surface area contributed by atoms with Crippen LogP contribution in [0.2, 0.25) is 5.02 Å². The summed E-state index contributed by atoms with van der Waals surface area (Å²) in [5.74, 6) is -2.68. The van der Waals surface area contributed by atoms with Gasteiger partial charge >= 0.3 is 6.18 Å². The largest absolute Gasteiger partial charge is 0.395 e. The second-order valence-corrected chi connectivity index (χ2v) is 9.92. The van der Waals surface area contributed by atoms with Crippen molar-refractivity contribution in [2.45, 2.75) is 43.8 Å². The Bertz CT molecular complexity index is 1090. The number of alkyl halides is 3. The average molecular weight is 528 g/mol. The molecule has 0 aromatic heterocycles. The summed E-state index contributed by atoms with van der Waals surface area (Å²) in [6, 6.07) is 10.2. The van der Waals surface area contributed by atoms with Gasteiger partial charge in [0.15, 0.2) is 0 Å². The molecule has 1 fully saturated rings. The molecule has 1 aliphatic rings. The molecule has 2 N–H and O–H groups in total. The van der Waals surface area contributed by atoms with Crippen LogP contribution in [0.1, 0.15) is 46.7 Å². The number of carbonyl (C=O) groups excluding carboxylic acids is 2. The molecule has 0 spiro atoms. The van der Waals surface area contributed by atoms with Crippen LogP contribution < -0.4 is 10.6 Å². The highest BCUT2D eigenvalue weighted by atomic mass is 35.5. The number of benzene rings is 2. The van der Waals surface area contributed by atoms with Gasteiger partial charge in [-0.05, 0) is 68.8 Å². The number of hydrogen-bond donors (Lipinski definition) is 2. The van der Waals surface area contributed by atoms with Crippen molar-refractivity contribution in [2.24, 2.45) is 5.41 Å². The Hall–Kier alpha value is -2.65. The van der Waals surface area contributed by atoms with Crippen LogP contribution in [-0.4, -0.2) is 56.6 Å². The van der Waals surface area contributed by atoms with Crippen molar-refractivity contribution < 1.29 is 27.2 Å². The number of nitrogens with zero attached hydrogens (tertiary/aromatic N) is 1. The maximum Gasteiger partial charge on any atom is 0.395 e. The molecule has 5 nitrogen and oxygen atoms in total. The normalized spacial score (nSPS) is 16.4. The molecule has 0 radical (unpaired) electrons. The number of likely N-dealkylation sites (N-methyl/N-ethyl adjacent to an activating group) is 1. The fourth-order valence-corrected chi connectivity index (χ4v) is 4.62. The minimum atomic E-state index is -4.42. The fraction of sp³-hybridized carbons (Fsp3) is 0.462. The van der Waals surface area contributed by atoms with Crippen LogP contribution in [0.3, 0.4) is 0 Å². The Morgan fingerprint density at radius 1 is 1.11 bits per heavy atom. The standard InChI is InChI=1S/C26H30ClF4N3O2/c1-32-24(36)20-9-4-16(13-22(20)28)12-19(34(2)3)15-33-23(35)14-21(17-5-7-18(27)8-6-17)25(10-11-25)26(29,30)31/h4-9,13,19,21H,10-12,14-15H2,1-3H3,(H,32,36)(H,33,35)/t19-,21+/m0/s1. The molecule has 1 saturated carbocycles. The molecule has 2 amide bonds. The molecule has 3 rings (SSSR count). The molecule has 0 bridgehead atoms. The number of nitrogens with one attached hydrogen (secondary N) is 2. The van der Waals surface area contributed by atoms with Crippen LogP contribution in [-0.2, 0) is 11.2 Å². The maximum atomic E-state index is 14.4. The van der Waals surface area contributed by atoms with Gasteiger partial charge in [-0.1, -0.05) is 29.8 Å². The molecule has 2 atom stereocenters. The van der Waals surface area contributed by atoms with Crippen LogP contribution >= 0.6 is 11.6 Å². The summed E-state index contributed by atoms with van der Waals surface area (Å²) >= 11 is 5.91. The van der Waals surface area contributed by atoms with E-state index in [9.17, 15) is 27.2 Å². The van der Waals surface area contributed by atoms with E-state index in [4.69, 9.17) is 11.6 Å². The van der Waals surface area contributed by atoms with E-state index in [1.807, 2.05) is 4.90 Å². The Morgan fingerprint density at radius 3 is 2.25 bits per heavy atom. The van der Waals surface area contributed by atoms with Crippen LogP contribution in [0.4, 0.5) is 17.6 Å². The summed E-state index contributed by atoms with van der Waals surface area (Å²) < 4.78 is 56.2. The zero-order chi connectivity index (χ0) is 26.7. The van der Waals surface area contributed by atoms with Crippen molar-refractivity contribution >= 4 is 23.4 Å². The van der Waals surface area contributed by atoms with Crippen molar-refractivity contribution in [3.05, 3.63) is 70.0 Å². The van der Waals surface area contributed by atoms with E-state index >= 15 is 0 Å². The van der Waals surface area contributed by atoms with Crippen LogP contribution in [0.25, 0.3) is 0 Å². The van der Waals surface area contributed by atoms with Crippen molar-refractivity contribution in [1.82, 2.24) is 15.5 Å². The first-order chi connectivity index (χ1) is 16.9. The molecular formula is C26H30ClF4N3O2. The lowest BCUT2D eigenvalue weighted by Crippen LogP contribution is -2.42. The lowest BCUT2D eigenvalue weighted by atomic mass is 9.80. The zero-order valence-electron chi connectivity index (χ0n) is 20.4. The summed E-state index contributed by atoms with van der Waals surface area (Å²) in [5.41, 5.74) is -0.923. The van der Waals surface area contributed by atoms with E-state index in [-0.39, 0.29) is 37.4 Å². The summed E-state index contributed by atoms with van der Waals surface area (Å²) in [5, 5.41) is 5.55. The summed E-state index contributed by atoms with van der Waals surface area (Å²) in [6.45, 7) is 0.164. The minimum absolute atomic E-state index is 0.0188. The minimum Gasteiger partial charge on any atom is -0.355 e. The SMILES string of the molecule is CNC(=O)c1ccc(C[C@@H](CNC(=O)C[C@H](c2ccc(Cl)cc2)C2(C(F)(F)F)CC2)N(C)C)cc1F.